The van der Waals surface area contributed by atoms with Crippen LogP contribution in [0.5, 0.6) is 5.75 Å². The zero-order chi connectivity index (χ0) is 19.0. The van der Waals surface area contributed by atoms with Crippen LogP contribution < -0.4 is 0 Å². The van der Waals surface area contributed by atoms with Crippen LogP contribution in [0.25, 0.3) is 0 Å². The molecule has 3 heteroatoms. The van der Waals surface area contributed by atoms with Crippen LogP contribution in [-0.2, 0) is 4.84 Å². The Kier molecular flexibility index (Phi) is 4.44. The van der Waals surface area contributed by atoms with E-state index in [1.807, 2.05) is 30.3 Å². The van der Waals surface area contributed by atoms with Gasteiger partial charge in [-0.3, -0.25) is 0 Å². The van der Waals surface area contributed by atoms with Crippen molar-refractivity contribution in [2.75, 3.05) is 0 Å². The molecule has 4 rings (SSSR count). The number of nitrogens with zero attached hydrogens (tertiary/aromatic N) is 1. The molecular weight excluding hydrogens is 334 g/mol. The van der Waals surface area contributed by atoms with Gasteiger partial charge in [0, 0.05) is 5.56 Å². The number of aryl methyl sites for hydroxylation is 3. The van der Waals surface area contributed by atoms with E-state index < -0.39 is 0 Å². The SMILES string of the molecule is Cc1cc(C)c(C2=NO[C@H](c3ccccc3)[C@H]2c2ccc(O)cc2)c(C)c1. The average Bonchev–Trinajstić information content (AvgIpc) is 3.07. The van der Waals surface area contributed by atoms with E-state index in [1.165, 1.54) is 16.7 Å². The van der Waals surface area contributed by atoms with Gasteiger partial charge in [0.05, 0.1) is 11.6 Å². The molecule has 1 heterocycles. The fourth-order valence-corrected chi connectivity index (χ4v) is 4.07. The Morgan fingerprint density at radius 2 is 1.44 bits per heavy atom. The fourth-order valence-electron chi connectivity index (χ4n) is 4.07. The molecule has 27 heavy (non-hydrogen) atoms. The molecule has 136 valence electrons. The molecule has 1 aliphatic rings. The van der Waals surface area contributed by atoms with E-state index in [1.54, 1.807) is 12.1 Å². The minimum absolute atomic E-state index is 0.0342. The van der Waals surface area contributed by atoms with Gasteiger partial charge < -0.3 is 9.94 Å². The van der Waals surface area contributed by atoms with Crippen LogP contribution >= 0.6 is 0 Å². The normalized spacial score (nSPS) is 18.9. The number of oxime groups is 1. The van der Waals surface area contributed by atoms with Gasteiger partial charge in [0.2, 0.25) is 0 Å². The smallest absolute Gasteiger partial charge is 0.165 e. The highest BCUT2D eigenvalue weighted by atomic mass is 16.6. The third-order valence-corrected chi connectivity index (χ3v) is 5.18. The van der Waals surface area contributed by atoms with Crippen molar-refractivity contribution in [3.05, 3.63) is 100 Å². The summed E-state index contributed by atoms with van der Waals surface area (Å²) in [5.41, 5.74) is 7.92. The van der Waals surface area contributed by atoms with Crippen molar-refractivity contribution in [3.63, 3.8) is 0 Å². The summed E-state index contributed by atoms with van der Waals surface area (Å²) < 4.78 is 0. The molecule has 0 radical (unpaired) electrons. The minimum atomic E-state index is -0.189. The Morgan fingerprint density at radius 3 is 2.07 bits per heavy atom. The van der Waals surface area contributed by atoms with Gasteiger partial charge in [-0.1, -0.05) is 65.3 Å². The lowest BCUT2D eigenvalue weighted by Crippen LogP contribution is -2.18. The molecule has 3 aromatic rings. The summed E-state index contributed by atoms with van der Waals surface area (Å²) in [4.78, 5) is 5.97. The van der Waals surface area contributed by atoms with Crippen molar-refractivity contribution in [1.29, 1.82) is 0 Å². The second kappa shape index (κ2) is 6.92. The van der Waals surface area contributed by atoms with Gasteiger partial charge in [-0.2, -0.15) is 0 Å². The Morgan fingerprint density at radius 1 is 0.815 bits per heavy atom. The predicted molar refractivity (Wildman–Crippen MR) is 108 cm³/mol. The number of hydrogen-bond donors (Lipinski definition) is 1. The van der Waals surface area contributed by atoms with Crippen LogP contribution in [0.4, 0.5) is 0 Å². The van der Waals surface area contributed by atoms with Gasteiger partial charge in [-0.25, -0.2) is 0 Å². The standard InChI is InChI=1S/C24H23NO2/c1-15-13-16(2)21(17(3)14-15)23-22(18-9-11-20(26)12-10-18)24(27-25-23)19-7-5-4-6-8-19/h4-14,22,24,26H,1-3H3/t22-,24+/m0/s1. The molecule has 0 aromatic heterocycles. The van der Waals surface area contributed by atoms with E-state index in [9.17, 15) is 5.11 Å². The van der Waals surface area contributed by atoms with Gasteiger partial charge >= 0.3 is 0 Å². The zero-order valence-electron chi connectivity index (χ0n) is 15.8. The highest BCUT2D eigenvalue weighted by Crippen LogP contribution is 2.43. The molecule has 0 unspecified atom stereocenters. The second-order valence-electron chi connectivity index (χ2n) is 7.26. The van der Waals surface area contributed by atoms with Crippen LogP contribution in [0.2, 0.25) is 0 Å². The van der Waals surface area contributed by atoms with E-state index in [0.717, 1.165) is 22.4 Å². The topological polar surface area (TPSA) is 41.8 Å². The third kappa shape index (κ3) is 3.21. The molecular formula is C24H23NO2. The summed E-state index contributed by atoms with van der Waals surface area (Å²) in [5, 5.41) is 14.3. The van der Waals surface area contributed by atoms with Crippen LogP contribution in [0.1, 0.15) is 45.4 Å². The average molecular weight is 357 g/mol. The quantitative estimate of drug-likeness (QED) is 0.665. The molecule has 0 fully saturated rings. The van der Waals surface area contributed by atoms with E-state index in [4.69, 9.17) is 4.84 Å². The molecule has 1 aliphatic heterocycles. The summed E-state index contributed by atoms with van der Waals surface area (Å²) in [6.07, 6.45) is -0.189. The van der Waals surface area contributed by atoms with Crippen LogP contribution in [0.3, 0.4) is 0 Å². The summed E-state index contributed by atoms with van der Waals surface area (Å²) in [6.45, 7) is 6.37. The van der Waals surface area contributed by atoms with Crippen LogP contribution in [-0.4, -0.2) is 10.8 Å². The number of hydrogen-bond acceptors (Lipinski definition) is 3. The number of rotatable bonds is 3. The van der Waals surface area contributed by atoms with Gasteiger partial charge in [0.25, 0.3) is 0 Å². The summed E-state index contributed by atoms with van der Waals surface area (Å²) in [5.74, 6) is 0.225. The highest BCUT2D eigenvalue weighted by molar-refractivity contribution is 6.08. The molecule has 0 saturated heterocycles. The molecule has 0 amide bonds. The molecule has 3 nitrogen and oxygen atoms in total. The first kappa shape index (κ1) is 17.3. The van der Waals surface area contributed by atoms with Crippen molar-refractivity contribution in [2.24, 2.45) is 5.16 Å². The maximum atomic E-state index is 9.72. The Hall–Kier alpha value is -3.07. The van der Waals surface area contributed by atoms with E-state index in [2.05, 4.69) is 50.2 Å². The van der Waals surface area contributed by atoms with Crippen LogP contribution in [0, 0.1) is 20.8 Å². The summed E-state index contributed by atoms with van der Waals surface area (Å²) in [7, 11) is 0. The lowest BCUT2D eigenvalue weighted by molar-refractivity contribution is 0.0763. The lowest BCUT2D eigenvalue weighted by atomic mass is 9.81. The first-order valence-corrected chi connectivity index (χ1v) is 9.20. The van der Waals surface area contributed by atoms with Crippen molar-refractivity contribution in [1.82, 2.24) is 0 Å². The monoisotopic (exact) mass is 357 g/mol. The number of benzene rings is 3. The van der Waals surface area contributed by atoms with Crippen molar-refractivity contribution >= 4 is 5.71 Å². The van der Waals surface area contributed by atoms with Gasteiger partial charge in [0.1, 0.15) is 5.75 Å². The first-order valence-electron chi connectivity index (χ1n) is 9.20. The maximum Gasteiger partial charge on any atom is 0.165 e. The minimum Gasteiger partial charge on any atom is -0.508 e. The molecule has 0 bridgehead atoms. The van der Waals surface area contributed by atoms with E-state index in [-0.39, 0.29) is 17.8 Å². The van der Waals surface area contributed by atoms with Crippen LogP contribution in [0.15, 0.2) is 71.9 Å². The first-order chi connectivity index (χ1) is 13.0. The molecule has 1 N–H and O–H groups in total. The summed E-state index contributed by atoms with van der Waals surface area (Å²) in [6, 6.07) is 21.9. The fraction of sp³-hybridized carbons (Fsp3) is 0.208. The van der Waals surface area contributed by atoms with Gasteiger partial charge in [-0.15, -0.1) is 0 Å². The van der Waals surface area contributed by atoms with Gasteiger partial charge in [-0.05, 0) is 55.2 Å². The lowest BCUT2D eigenvalue weighted by Gasteiger charge is -2.21. The van der Waals surface area contributed by atoms with E-state index >= 15 is 0 Å². The maximum absolute atomic E-state index is 9.72. The predicted octanol–water partition coefficient (Wildman–Crippen LogP) is 5.58. The number of phenols is 1. The Balaban J connectivity index is 1.85. The van der Waals surface area contributed by atoms with Crippen molar-refractivity contribution in [2.45, 2.75) is 32.8 Å². The molecule has 0 saturated carbocycles. The highest BCUT2D eigenvalue weighted by Gasteiger charge is 2.38. The largest absolute Gasteiger partial charge is 0.508 e. The molecule has 0 spiro atoms. The Bertz CT molecular complexity index is 968. The third-order valence-electron chi connectivity index (χ3n) is 5.18. The molecule has 2 atom stereocenters. The van der Waals surface area contributed by atoms with Crippen molar-refractivity contribution < 1.29 is 9.94 Å². The van der Waals surface area contributed by atoms with Gasteiger partial charge in [0.15, 0.2) is 6.10 Å². The van der Waals surface area contributed by atoms with E-state index in [0.29, 0.717) is 0 Å². The second-order valence-corrected chi connectivity index (χ2v) is 7.26. The zero-order valence-corrected chi connectivity index (χ0v) is 15.8. The number of aromatic hydroxyl groups is 1. The molecule has 3 aromatic carbocycles. The number of phenolic OH excluding ortho intramolecular Hbond substituents is 1. The summed E-state index contributed by atoms with van der Waals surface area (Å²) >= 11 is 0. The van der Waals surface area contributed by atoms with Crippen molar-refractivity contribution in [3.8, 4) is 5.75 Å². The molecule has 0 aliphatic carbocycles. The Labute approximate surface area is 159 Å².